The summed E-state index contributed by atoms with van der Waals surface area (Å²) in [6.07, 6.45) is 72.2. The van der Waals surface area contributed by atoms with Crippen LogP contribution >= 0.6 is 7.82 Å². The summed E-state index contributed by atoms with van der Waals surface area (Å²) in [6.45, 7) is 4.03. The monoisotopic (exact) mass is 1040 g/mol. The van der Waals surface area contributed by atoms with Gasteiger partial charge in [0.2, 0.25) is 0 Å². The zero-order chi connectivity index (χ0) is 54.1. The number of phosphoric acid groups is 1. The Bertz CT molecular complexity index is 1890. The van der Waals surface area contributed by atoms with E-state index in [1.54, 1.807) is 0 Å². The average Bonchev–Trinajstić information content (AvgIpc) is 3.39. The molecule has 0 saturated heterocycles. The molecule has 0 aliphatic carbocycles. The lowest BCUT2D eigenvalue weighted by molar-refractivity contribution is -0.161. The maximum absolute atomic E-state index is 12.9. The molecule has 0 spiro atoms. The van der Waals surface area contributed by atoms with Crippen LogP contribution in [0.1, 0.15) is 162 Å². The van der Waals surface area contributed by atoms with Crippen LogP contribution in [0.15, 0.2) is 170 Å². The van der Waals surface area contributed by atoms with Gasteiger partial charge in [0.05, 0.1) is 19.8 Å². The normalized spacial score (nSPS) is 14.7. The number of hydrogen-bond acceptors (Lipinski definition) is 10. The molecule has 3 atom stereocenters. The van der Waals surface area contributed by atoms with Gasteiger partial charge >= 0.3 is 25.7 Å². The van der Waals surface area contributed by atoms with Crippen molar-refractivity contribution in [3.8, 4) is 0 Å². The minimum atomic E-state index is -4.80. The minimum Gasteiger partial charge on any atom is -0.462 e. The van der Waals surface area contributed by atoms with Crippen LogP contribution in [0.4, 0.5) is 0 Å². The number of ether oxygens (including phenoxy) is 3. The van der Waals surface area contributed by atoms with Crippen LogP contribution in [0, 0.1) is 0 Å². The van der Waals surface area contributed by atoms with Crippen molar-refractivity contribution in [2.24, 2.45) is 0 Å². The highest BCUT2D eigenvalue weighted by molar-refractivity contribution is 7.47. The molecule has 0 fully saturated rings. The van der Waals surface area contributed by atoms with E-state index in [9.17, 15) is 28.9 Å². The van der Waals surface area contributed by atoms with Gasteiger partial charge in [-0.15, -0.1) is 0 Å². The number of carbonyl (C=O) groups is 3. The zero-order valence-corrected chi connectivity index (χ0v) is 46.1. The fourth-order valence-electron chi connectivity index (χ4n) is 6.15. The number of aliphatic hydroxyl groups excluding tert-OH is 1. The van der Waals surface area contributed by atoms with Gasteiger partial charge in [0.1, 0.15) is 12.7 Å². The first kappa shape index (κ1) is 68.8. The van der Waals surface area contributed by atoms with Crippen LogP contribution in [-0.2, 0) is 42.2 Å². The van der Waals surface area contributed by atoms with Gasteiger partial charge in [0.15, 0.2) is 6.10 Å². The molecular weight excluding hydrogens is 952 g/mol. The standard InChI is InChI=1S/C62H93O11P/c1-4-7-10-13-16-19-22-25-27-28-29-30-32-35-38-41-44-47-50-53-62(66)73-59(55-69-60(64)51-48-45-42-39-36-33-24-21-18-15-12-9-6-3)57-71-74(67,68)70-56-58(54-63)72-61(65)52-49-46-43-40-37-34-31-26-23-20-17-14-11-8-5-2/h7-12,16-21,25-27,29-31,33,35-38,40,42,44-45,47,58-59,63H,4-6,13-15,22-24,28,32,34,39,41,43,46,48-57H2,1-3H3,(H,67,68)/b10-7-,11-8-,12-9-,19-16-,20-17-,21-18-,27-25-,30-29-,31-26-,36-33-,38-35-,40-37-,45-42-,47-44-. The topological polar surface area (TPSA) is 155 Å². The highest BCUT2D eigenvalue weighted by Gasteiger charge is 2.28. The fourth-order valence-corrected chi connectivity index (χ4v) is 6.93. The number of carbonyl (C=O) groups excluding carboxylic acids is 3. The quantitative estimate of drug-likeness (QED) is 0.0197. The van der Waals surface area contributed by atoms with Crippen LogP contribution in [0.25, 0.3) is 0 Å². The number of rotatable bonds is 47. The van der Waals surface area contributed by atoms with Crippen molar-refractivity contribution in [1.82, 2.24) is 0 Å². The molecule has 0 aliphatic rings. The Morgan fingerprint density at radius 3 is 1.04 bits per heavy atom. The van der Waals surface area contributed by atoms with Crippen LogP contribution in [0.2, 0.25) is 0 Å². The Morgan fingerprint density at radius 1 is 0.378 bits per heavy atom. The minimum absolute atomic E-state index is 0.0136. The molecular formula is C62H93O11P. The summed E-state index contributed by atoms with van der Waals surface area (Å²) >= 11 is 0. The van der Waals surface area contributed by atoms with Crippen molar-refractivity contribution in [2.75, 3.05) is 26.4 Å². The maximum Gasteiger partial charge on any atom is 0.472 e. The van der Waals surface area contributed by atoms with Gasteiger partial charge in [-0.1, -0.05) is 191 Å². The first-order chi connectivity index (χ1) is 36.2. The number of phosphoric ester groups is 1. The van der Waals surface area contributed by atoms with E-state index in [1.165, 1.54) is 0 Å². The van der Waals surface area contributed by atoms with Gasteiger partial charge in [0.25, 0.3) is 0 Å². The summed E-state index contributed by atoms with van der Waals surface area (Å²) in [5, 5.41) is 9.79. The Morgan fingerprint density at radius 2 is 0.676 bits per heavy atom. The van der Waals surface area contributed by atoms with E-state index in [-0.39, 0.29) is 19.3 Å². The van der Waals surface area contributed by atoms with E-state index in [4.69, 9.17) is 23.3 Å². The van der Waals surface area contributed by atoms with Gasteiger partial charge in [0, 0.05) is 19.3 Å². The average molecular weight is 1050 g/mol. The van der Waals surface area contributed by atoms with E-state index in [0.717, 1.165) is 96.3 Å². The summed E-state index contributed by atoms with van der Waals surface area (Å²) < 4.78 is 39.2. The molecule has 0 aromatic rings. The van der Waals surface area contributed by atoms with Crippen molar-refractivity contribution in [1.29, 1.82) is 0 Å². The Labute approximate surface area is 447 Å². The van der Waals surface area contributed by atoms with Crippen molar-refractivity contribution in [2.45, 2.75) is 174 Å². The predicted molar refractivity (Wildman–Crippen MR) is 306 cm³/mol. The lowest BCUT2D eigenvalue weighted by Crippen LogP contribution is -2.30. The number of unbranched alkanes of at least 4 members (excludes halogenated alkanes) is 2. The van der Waals surface area contributed by atoms with Gasteiger partial charge in [-0.3, -0.25) is 23.4 Å². The molecule has 12 heteroatoms. The summed E-state index contributed by atoms with van der Waals surface area (Å²) in [5.74, 6) is -1.74. The third-order valence-electron chi connectivity index (χ3n) is 10.1. The van der Waals surface area contributed by atoms with E-state index in [1.807, 2.05) is 30.4 Å². The molecule has 74 heavy (non-hydrogen) atoms. The molecule has 0 heterocycles. The molecule has 0 radical (unpaired) electrons. The second-order valence-electron chi connectivity index (χ2n) is 16.9. The Balaban J connectivity index is 4.99. The van der Waals surface area contributed by atoms with E-state index < -0.39 is 64.4 Å². The molecule has 0 rings (SSSR count). The number of aliphatic hydroxyl groups is 1. The third kappa shape index (κ3) is 51.7. The van der Waals surface area contributed by atoms with Crippen molar-refractivity contribution < 1.29 is 52.2 Å². The first-order valence-corrected chi connectivity index (χ1v) is 28.5. The fraction of sp³-hybridized carbons (Fsp3) is 0.500. The largest absolute Gasteiger partial charge is 0.472 e. The summed E-state index contributed by atoms with van der Waals surface area (Å²) in [7, 11) is -4.80. The molecule has 2 N–H and O–H groups in total. The van der Waals surface area contributed by atoms with Gasteiger partial charge in [-0.2, -0.15) is 0 Å². The molecule has 0 aromatic carbocycles. The smallest absolute Gasteiger partial charge is 0.462 e. The highest BCUT2D eigenvalue weighted by Crippen LogP contribution is 2.43. The lowest BCUT2D eigenvalue weighted by atomic mass is 10.2. The van der Waals surface area contributed by atoms with Crippen LogP contribution in [0.5, 0.6) is 0 Å². The van der Waals surface area contributed by atoms with Crippen LogP contribution in [-0.4, -0.2) is 66.5 Å². The van der Waals surface area contributed by atoms with Crippen molar-refractivity contribution in [3.63, 3.8) is 0 Å². The Hall–Kier alpha value is -5.16. The second-order valence-corrected chi connectivity index (χ2v) is 18.3. The highest BCUT2D eigenvalue weighted by atomic mass is 31.2. The Kier molecular flexibility index (Phi) is 50.3. The lowest BCUT2D eigenvalue weighted by Gasteiger charge is -2.21. The maximum atomic E-state index is 12.9. The molecule has 0 aliphatic heterocycles. The number of esters is 3. The van der Waals surface area contributed by atoms with E-state index >= 15 is 0 Å². The molecule has 0 saturated carbocycles. The van der Waals surface area contributed by atoms with Crippen LogP contribution < -0.4 is 0 Å². The summed E-state index contributed by atoms with van der Waals surface area (Å²) in [6, 6.07) is 0. The van der Waals surface area contributed by atoms with Crippen molar-refractivity contribution in [3.05, 3.63) is 170 Å². The van der Waals surface area contributed by atoms with Crippen LogP contribution in [0.3, 0.4) is 0 Å². The number of allylic oxidation sites excluding steroid dienone is 28. The molecule has 11 nitrogen and oxygen atoms in total. The molecule has 0 aromatic heterocycles. The molecule has 3 unspecified atom stereocenters. The predicted octanol–water partition coefficient (Wildman–Crippen LogP) is 15.9. The van der Waals surface area contributed by atoms with Gasteiger partial charge < -0.3 is 24.2 Å². The third-order valence-corrected chi connectivity index (χ3v) is 11.1. The van der Waals surface area contributed by atoms with E-state index in [0.29, 0.717) is 25.7 Å². The zero-order valence-electron chi connectivity index (χ0n) is 45.2. The summed E-state index contributed by atoms with van der Waals surface area (Å²) in [4.78, 5) is 48.3. The SMILES string of the molecule is CC/C=C\C/C=C\C/C=C\C/C=C\C/C=C\C/C=C\CCC(=O)OC(COC(=O)CC/C=C\C/C=C\C/C=C\C/C=C\CC)COP(=O)(O)OCC(CO)OC(=O)CCCC/C=C\C/C=C\C/C=C\C/C=C\CC. The first-order valence-electron chi connectivity index (χ1n) is 27.0. The number of hydrogen-bond donors (Lipinski definition) is 2. The molecule has 412 valence electrons. The van der Waals surface area contributed by atoms with E-state index in [2.05, 4.69) is 161 Å². The molecule has 0 amide bonds. The van der Waals surface area contributed by atoms with Gasteiger partial charge in [-0.25, -0.2) is 4.57 Å². The van der Waals surface area contributed by atoms with Gasteiger partial charge in [-0.05, 0) is 122 Å². The molecule has 0 bridgehead atoms. The van der Waals surface area contributed by atoms with Crippen molar-refractivity contribution >= 4 is 25.7 Å². The second kappa shape index (κ2) is 54.1. The summed E-state index contributed by atoms with van der Waals surface area (Å²) in [5.41, 5.74) is 0.